The molecule has 112 valence electrons. The molecule has 0 spiro atoms. The van der Waals surface area contributed by atoms with E-state index in [2.05, 4.69) is 55.9 Å². The lowest BCUT2D eigenvalue weighted by Gasteiger charge is -2.39. The summed E-state index contributed by atoms with van der Waals surface area (Å²) in [5.74, 6) is 0. The molecule has 1 saturated heterocycles. The second-order valence-electron chi connectivity index (χ2n) is 6.34. The SMILES string of the molecule is Cc1ccc(C(CN)N2CCC(N(C)C)CC2)c(C)c1. The van der Waals surface area contributed by atoms with Gasteiger partial charge in [0.25, 0.3) is 0 Å². The van der Waals surface area contributed by atoms with E-state index in [1.54, 1.807) is 0 Å². The molecule has 0 aliphatic carbocycles. The highest BCUT2D eigenvalue weighted by Crippen LogP contribution is 2.27. The van der Waals surface area contributed by atoms with E-state index < -0.39 is 0 Å². The molecule has 20 heavy (non-hydrogen) atoms. The molecule has 0 amide bonds. The van der Waals surface area contributed by atoms with Crippen LogP contribution in [0.2, 0.25) is 0 Å². The number of rotatable bonds is 4. The fourth-order valence-corrected chi connectivity index (χ4v) is 3.39. The van der Waals surface area contributed by atoms with Gasteiger partial charge in [-0.1, -0.05) is 23.8 Å². The minimum Gasteiger partial charge on any atom is -0.329 e. The minimum absolute atomic E-state index is 0.374. The predicted molar refractivity (Wildman–Crippen MR) is 86.0 cm³/mol. The molecule has 0 radical (unpaired) electrons. The van der Waals surface area contributed by atoms with Crippen molar-refractivity contribution in [2.24, 2.45) is 5.73 Å². The van der Waals surface area contributed by atoms with Crippen LogP contribution in [-0.4, -0.2) is 49.6 Å². The second kappa shape index (κ2) is 6.70. The van der Waals surface area contributed by atoms with Crippen molar-refractivity contribution in [3.63, 3.8) is 0 Å². The van der Waals surface area contributed by atoms with E-state index in [0.717, 1.165) is 19.1 Å². The molecule has 2 N–H and O–H groups in total. The van der Waals surface area contributed by atoms with E-state index in [9.17, 15) is 0 Å². The van der Waals surface area contributed by atoms with Crippen LogP contribution in [0.1, 0.15) is 35.6 Å². The summed E-state index contributed by atoms with van der Waals surface area (Å²) in [6.45, 7) is 7.36. The Balaban J connectivity index is 2.09. The molecule has 3 nitrogen and oxygen atoms in total. The largest absolute Gasteiger partial charge is 0.329 e. The molecule has 1 aromatic rings. The van der Waals surface area contributed by atoms with Crippen molar-refractivity contribution < 1.29 is 0 Å². The molecule has 1 unspecified atom stereocenters. The number of nitrogens with zero attached hydrogens (tertiary/aromatic N) is 2. The molecule has 2 rings (SSSR count). The van der Waals surface area contributed by atoms with Gasteiger partial charge < -0.3 is 10.6 Å². The molecular formula is C17H29N3. The monoisotopic (exact) mass is 275 g/mol. The molecule has 1 aromatic carbocycles. The molecule has 3 heteroatoms. The molecule has 0 aromatic heterocycles. The third kappa shape index (κ3) is 3.40. The fourth-order valence-electron chi connectivity index (χ4n) is 3.39. The Hall–Kier alpha value is -0.900. The Morgan fingerprint density at radius 1 is 1.25 bits per heavy atom. The van der Waals surface area contributed by atoms with Crippen LogP contribution in [0.15, 0.2) is 18.2 Å². The second-order valence-corrected chi connectivity index (χ2v) is 6.34. The van der Waals surface area contributed by atoms with Gasteiger partial charge in [0.2, 0.25) is 0 Å². The zero-order valence-electron chi connectivity index (χ0n) is 13.4. The number of likely N-dealkylation sites (tertiary alicyclic amines) is 1. The number of nitrogens with two attached hydrogens (primary N) is 1. The van der Waals surface area contributed by atoms with Crippen molar-refractivity contribution in [2.45, 2.75) is 38.8 Å². The number of piperidine rings is 1. The van der Waals surface area contributed by atoms with Crippen LogP contribution in [0.4, 0.5) is 0 Å². The van der Waals surface area contributed by atoms with Crippen LogP contribution < -0.4 is 5.73 Å². The average Bonchev–Trinajstić information content (AvgIpc) is 2.42. The van der Waals surface area contributed by atoms with Gasteiger partial charge in [-0.05, 0) is 51.9 Å². The smallest absolute Gasteiger partial charge is 0.0473 e. The maximum atomic E-state index is 6.08. The summed E-state index contributed by atoms with van der Waals surface area (Å²) < 4.78 is 0. The number of aryl methyl sites for hydroxylation is 2. The third-order valence-electron chi connectivity index (χ3n) is 4.68. The van der Waals surface area contributed by atoms with Gasteiger partial charge in [-0.3, -0.25) is 4.90 Å². The average molecular weight is 275 g/mol. The zero-order valence-corrected chi connectivity index (χ0v) is 13.4. The van der Waals surface area contributed by atoms with Crippen molar-refractivity contribution in [1.82, 2.24) is 9.80 Å². The first-order chi connectivity index (χ1) is 9.52. The molecule has 1 fully saturated rings. The maximum absolute atomic E-state index is 6.08. The van der Waals surface area contributed by atoms with Gasteiger partial charge in [-0.2, -0.15) is 0 Å². The van der Waals surface area contributed by atoms with Crippen molar-refractivity contribution in [3.8, 4) is 0 Å². The Morgan fingerprint density at radius 3 is 2.40 bits per heavy atom. The zero-order chi connectivity index (χ0) is 14.7. The summed E-state index contributed by atoms with van der Waals surface area (Å²) >= 11 is 0. The highest BCUT2D eigenvalue weighted by Gasteiger charge is 2.26. The van der Waals surface area contributed by atoms with Gasteiger partial charge in [-0.25, -0.2) is 0 Å². The van der Waals surface area contributed by atoms with E-state index in [1.807, 2.05) is 0 Å². The molecule has 1 heterocycles. The summed E-state index contributed by atoms with van der Waals surface area (Å²) in [4.78, 5) is 4.92. The van der Waals surface area contributed by atoms with Crippen LogP contribution in [0, 0.1) is 13.8 Å². The number of hydrogen-bond acceptors (Lipinski definition) is 3. The topological polar surface area (TPSA) is 32.5 Å². The van der Waals surface area contributed by atoms with Crippen molar-refractivity contribution in [2.75, 3.05) is 33.7 Å². The lowest BCUT2D eigenvalue weighted by molar-refractivity contribution is 0.110. The number of benzene rings is 1. The van der Waals surface area contributed by atoms with Crippen molar-refractivity contribution >= 4 is 0 Å². The summed E-state index contributed by atoms with van der Waals surface area (Å²) in [5, 5.41) is 0. The third-order valence-corrected chi connectivity index (χ3v) is 4.68. The van der Waals surface area contributed by atoms with Gasteiger partial charge in [0.15, 0.2) is 0 Å². The van der Waals surface area contributed by atoms with Crippen LogP contribution in [0.3, 0.4) is 0 Å². The molecule has 1 atom stereocenters. The Labute approximate surface area is 123 Å². The van der Waals surface area contributed by atoms with Crippen LogP contribution >= 0.6 is 0 Å². The van der Waals surface area contributed by atoms with Gasteiger partial charge in [0.05, 0.1) is 0 Å². The van der Waals surface area contributed by atoms with Crippen LogP contribution in [0.25, 0.3) is 0 Å². The summed E-state index contributed by atoms with van der Waals surface area (Å²) in [7, 11) is 4.37. The van der Waals surface area contributed by atoms with Crippen LogP contribution in [-0.2, 0) is 0 Å². The lowest BCUT2D eigenvalue weighted by Crippen LogP contribution is -2.45. The Kier molecular flexibility index (Phi) is 5.19. The molecule has 0 saturated carbocycles. The van der Waals surface area contributed by atoms with E-state index in [0.29, 0.717) is 12.6 Å². The standard InChI is InChI=1S/C17H29N3/c1-13-5-6-16(14(2)11-13)17(12-18)20-9-7-15(8-10-20)19(3)4/h5-6,11,15,17H,7-10,12,18H2,1-4H3. The van der Waals surface area contributed by atoms with Gasteiger partial charge in [0.1, 0.15) is 0 Å². The highest BCUT2D eigenvalue weighted by atomic mass is 15.2. The molecule has 1 aliphatic rings. The molecular weight excluding hydrogens is 246 g/mol. The van der Waals surface area contributed by atoms with E-state index in [-0.39, 0.29) is 0 Å². The molecule has 1 aliphatic heterocycles. The van der Waals surface area contributed by atoms with E-state index >= 15 is 0 Å². The first-order valence-electron chi connectivity index (χ1n) is 7.70. The predicted octanol–water partition coefficient (Wildman–Crippen LogP) is 2.33. The highest BCUT2D eigenvalue weighted by molar-refractivity contribution is 5.33. The van der Waals surface area contributed by atoms with E-state index in [4.69, 9.17) is 5.73 Å². The van der Waals surface area contributed by atoms with E-state index in [1.165, 1.54) is 29.5 Å². The summed E-state index contributed by atoms with van der Waals surface area (Å²) in [6, 6.07) is 7.84. The Bertz CT molecular complexity index is 434. The van der Waals surface area contributed by atoms with Gasteiger partial charge >= 0.3 is 0 Å². The summed E-state index contributed by atoms with van der Waals surface area (Å²) in [6.07, 6.45) is 2.49. The first kappa shape index (κ1) is 15.5. The van der Waals surface area contributed by atoms with Crippen molar-refractivity contribution in [3.05, 3.63) is 34.9 Å². The Morgan fingerprint density at radius 2 is 1.90 bits per heavy atom. The van der Waals surface area contributed by atoms with Gasteiger partial charge in [-0.15, -0.1) is 0 Å². The lowest BCUT2D eigenvalue weighted by atomic mass is 9.95. The molecule has 0 bridgehead atoms. The quantitative estimate of drug-likeness (QED) is 0.915. The van der Waals surface area contributed by atoms with Crippen LogP contribution in [0.5, 0.6) is 0 Å². The summed E-state index contributed by atoms with van der Waals surface area (Å²) in [5.41, 5.74) is 10.2. The minimum atomic E-state index is 0.374. The normalized spacial score (nSPS) is 19.5. The maximum Gasteiger partial charge on any atom is 0.0473 e. The van der Waals surface area contributed by atoms with Crippen molar-refractivity contribution in [1.29, 1.82) is 0 Å². The number of hydrogen-bond donors (Lipinski definition) is 1. The van der Waals surface area contributed by atoms with Gasteiger partial charge in [0, 0.05) is 31.7 Å². The first-order valence-corrected chi connectivity index (χ1v) is 7.70. The fraction of sp³-hybridized carbons (Fsp3) is 0.647.